The number of fused-ring (bicyclic) bond motifs is 1. The highest BCUT2D eigenvalue weighted by molar-refractivity contribution is 5.94. The van der Waals surface area contributed by atoms with Gasteiger partial charge < -0.3 is 19.1 Å². The minimum absolute atomic E-state index is 0.0456. The first-order valence-corrected chi connectivity index (χ1v) is 8.62. The van der Waals surface area contributed by atoms with Gasteiger partial charge in [-0.3, -0.25) is 9.59 Å². The predicted octanol–water partition coefficient (Wildman–Crippen LogP) is 2.15. The van der Waals surface area contributed by atoms with Crippen LogP contribution in [-0.2, 0) is 11.2 Å². The van der Waals surface area contributed by atoms with Crippen molar-refractivity contribution in [3.05, 3.63) is 47.9 Å². The number of benzene rings is 1. The van der Waals surface area contributed by atoms with Crippen LogP contribution >= 0.6 is 0 Å². The van der Waals surface area contributed by atoms with E-state index in [-0.39, 0.29) is 11.8 Å². The van der Waals surface area contributed by atoms with E-state index < -0.39 is 0 Å². The molecule has 0 bridgehead atoms. The van der Waals surface area contributed by atoms with E-state index in [1.807, 2.05) is 15.9 Å². The van der Waals surface area contributed by atoms with Crippen LogP contribution in [0.25, 0.3) is 0 Å². The Balaban J connectivity index is 1.43. The molecule has 2 aliphatic rings. The Morgan fingerprint density at radius 1 is 1.04 bits per heavy atom. The smallest absolute Gasteiger partial charge is 0.289 e. The molecule has 2 aliphatic heterocycles. The summed E-state index contributed by atoms with van der Waals surface area (Å²) in [6, 6.07) is 9.74. The van der Waals surface area contributed by atoms with Crippen LogP contribution in [0.3, 0.4) is 0 Å². The topological polar surface area (TPSA) is 57.0 Å². The van der Waals surface area contributed by atoms with E-state index in [4.69, 9.17) is 4.42 Å². The summed E-state index contributed by atoms with van der Waals surface area (Å²) < 4.78 is 5.20. The molecule has 130 valence electrons. The summed E-state index contributed by atoms with van der Waals surface area (Å²) in [5.74, 6) is 0.447. The van der Waals surface area contributed by atoms with E-state index in [0.717, 1.165) is 37.4 Å². The summed E-state index contributed by atoms with van der Waals surface area (Å²) in [5.41, 5.74) is 3.42. The molecule has 0 spiro atoms. The van der Waals surface area contributed by atoms with Crippen LogP contribution in [-0.4, -0.2) is 49.4 Å². The van der Waals surface area contributed by atoms with Crippen molar-refractivity contribution in [2.45, 2.75) is 13.3 Å². The Bertz CT molecular complexity index is 792. The number of carbonyl (C=O) groups excluding carboxylic acids is 2. The highest BCUT2D eigenvalue weighted by Gasteiger charge is 2.26. The van der Waals surface area contributed by atoms with Crippen LogP contribution in [0.5, 0.6) is 0 Å². The van der Waals surface area contributed by atoms with Gasteiger partial charge >= 0.3 is 0 Å². The molecule has 1 aromatic heterocycles. The zero-order valence-electron chi connectivity index (χ0n) is 14.3. The average Bonchev–Trinajstić information content (AvgIpc) is 3.30. The number of carbonyl (C=O) groups is 2. The third-order valence-electron chi connectivity index (χ3n) is 5.00. The molecule has 0 aliphatic carbocycles. The molecule has 6 heteroatoms. The van der Waals surface area contributed by atoms with Gasteiger partial charge in [0.2, 0.25) is 5.91 Å². The second-order valence-corrected chi connectivity index (χ2v) is 6.49. The average molecular weight is 339 g/mol. The maximum atomic E-state index is 12.3. The van der Waals surface area contributed by atoms with Gasteiger partial charge in [0, 0.05) is 51.0 Å². The lowest BCUT2D eigenvalue weighted by atomic mass is 10.1. The molecule has 2 amide bonds. The van der Waals surface area contributed by atoms with Crippen LogP contribution in [0.4, 0.5) is 11.4 Å². The summed E-state index contributed by atoms with van der Waals surface area (Å²) in [6.07, 6.45) is 2.43. The second-order valence-electron chi connectivity index (χ2n) is 6.49. The summed E-state index contributed by atoms with van der Waals surface area (Å²) >= 11 is 0. The summed E-state index contributed by atoms with van der Waals surface area (Å²) in [5, 5.41) is 0. The Morgan fingerprint density at radius 3 is 2.52 bits per heavy atom. The van der Waals surface area contributed by atoms with Gasteiger partial charge in [-0.1, -0.05) is 0 Å². The SMILES string of the molecule is CC(=O)N1CCc2cc(N3CCN(C(=O)c4ccco4)CC3)ccc21. The standard InChI is InChI=1S/C19H21N3O3/c1-14(23)22-7-6-15-13-16(4-5-17(15)22)20-8-10-21(11-9-20)19(24)18-3-2-12-25-18/h2-5,12-13H,6-11H2,1H3. The normalized spacial score (nSPS) is 16.9. The number of hydrogen-bond acceptors (Lipinski definition) is 4. The molecule has 0 saturated carbocycles. The Kier molecular flexibility index (Phi) is 3.95. The number of furan rings is 1. The molecule has 25 heavy (non-hydrogen) atoms. The molecule has 4 rings (SSSR count). The van der Waals surface area contributed by atoms with Crippen molar-refractivity contribution < 1.29 is 14.0 Å². The van der Waals surface area contributed by atoms with Crippen molar-refractivity contribution >= 4 is 23.2 Å². The highest BCUT2D eigenvalue weighted by atomic mass is 16.3. The summed E-state index contributed by atoms with van der Waals surface area (Å²) in [7, 11) is 0. The Labute approximate surface area is 146 Å². The van der Waals surface area contributed by atoms with Crippen LogP contribution < -0.4 is 9.80 Å². The van der Waals surface area contributed by atoms with E-state index in [1.54, 1.807) is 19.1 Å². The molecule has 2 aromatic rings. The van der Waals surface area contributed by atoms with Gasteiger partial charge in [0.15, 0.2) is 5.76 Å². The van der Waals surface area contributed by atoms with Crippen molar-refractivity contribution in [3.63, 3.8) is 0 Å². The molecule has 1 saturated heterocycles. The van der Waals surface area contributed by atoms with Gasteiger partial charge in [-0.05, 0) is 42.3 Å². The van der Waals surface area contributed by atoms with Crippen LogP contribution in [0.15, 0.2) is 41.0 Å². The summed E-state index contributed by atoms with van der Waals surface area (Å²) in [6.45, 7) is 5.31. The fourth-order valence-electron chi connectivity index (χ4n) is 3.64. The molecular formula is C19H21N3O3. The van der Waals surface area contributed by atoms with Gasteiger partial charge in [-0.2, -0.15) is 0 Å². The monoisotopic (exact) mass is 339 g/mol. The Morgan fingerprint density at radius 2 is 1.84 bits per heavy atom. The van der Waals surface area contributed by atoms with E-state index >= 15 is 0 Å². The second kappa shape index (κ2) is 6.27. The molecule has 0 unspecified atom stereocenters. The lowest BCUT2D eigenvalue weighted by Crippen LogP contribution is -2.48. The van der Waals surface area contributed by atoms with Crippen molar-refractivity contribution in [2.24, 2.45) is 0 Å². The largest absolute Gasteiger partial charge is 0.459 e. The number of piperazine rings is 1. The van der Waals surface area contributed by atoms with Gasteiger partial charge in [0.1, 0.15) is 0 Å². The minimum Gasteiger partial charge on any atom is -0.459 e. The van der Waals surface area contributed by atoms with Crippen molar-refractivity contribution in [1.82, 2.24) is 4.90 Å². The third-order valence-corrected chi connectivity index (χ3v) is 5.00. The number of hydrogen-bond donors (Lipinski definition) is 0. The van der Waals surface area contributed by atoms with Gasteiger partial charge in [0.05, 0.1) is 6.26 Å². The first-order chi connectivity index (χ1) is 12.1. The van der Waals surface area contributed by atoms with Gasteiger partial charge in [0.25, 0.3) is 5.91 Å². The molecule has 1 aromatic carbocycles. The fourth-order valence-corrected chi connectivity index (χ4v) is 3.64. The number of anilines is 2. The Hall–Kier alpha value is -2.76. The zero-order chi connectivity index (χ0) is 17.4. The van der Waals surface area contributed by atoms with Crippen molar-refractivity contribution in [2.75, 3.05) is 42.5 Å². The first-order valence-electron chi connectivity index (χ1n) is 8.62. The third kappa shape index (κ3) is 2.88. The molecule has 1 fully saturated rings. The molecular weight excluding hydrogens is 318 g/mol. The summed E-state index contributed by atoms with van der Waals surface area (Å²) in [4.78, 5) is 30.0. The maximum Gasteiger partial charge on any atom is 0.289 e. The van der Waals surface area contributed by atoms with Crippen molar-refractivity contribution in [1.29, 1.82) is 0 Å². The predicted molar refractivity (Wildman–Crippen MR) is 95.0 cm³/mol. The molecule has 6 nitrogen and oxygen atoms in total. The van der Waals surface area contributed by atoms with Gasteiger partial charge in [-0.15, -0.1) is 0 Å². The number of amides is 2. The quantitative estimate of drug-likeness (QED) is 0.841. The van der Waals surface area contributed by atoms with Gasteiger partial charge in [-0.25, -0.2) is 0 Å². The maximum absolute atomic E-state index is 12.3. The van der Waals surface area contributed by atoms with E-state index in [0.29, 0.717) is 18.8 Å². The van der Waals surface area contributed by atoms with Crippen LogP contribution in [0.1, 0.15) is 23.0 Å². The zero-order valence-corrected chi connectivity index (χ0v) is 14.3. The number of rotatable bonds is 2. The molecule has 0 radical (unpaired) electrons. The van der Waals surface area contributed by atoms with E-state index in [1.165, 1.54) is 11.8 Å². The minimum atomic E-state index is -0.0456. The van der Waals surface area contributed by atoms with Crippen LogP contribution in [0, 0.1) is 0 Å². The molecule has 3 heterocycles. The fraction of sp³-hybridized carbons (Fsp3) is 0.368. The molecule has 0 N–H and O–H groups in total. The van der Waals surface area contributed by atoms with Crippen LogP contribution in [0.2, 0.25) is 0 Å². The van der Waals surface area contributed by atoms with E-state index in [9.17, 15) is 9.59 Å². The lowest BCUT2D eigenvalue weighted by molar-refractivity contribution is -0.116. The molecule has 0 atom stereocenters. The van der Waals surface area contributed by atoms with Crippen molar-refractivity contribution in [3.8, 4) is 0 Å². The number of nitrogens with zero attached hydrogens (tertiary/aromatic N) is 3. The highest BCUT2D eigenvalue weighted by Crippen LogP contribution is 2.32. The lowest BCUT2D eigenvalue weighted by Gasteiger charge is -2.36. The van der Waals surface area contributed by atoms with E-state index in [2.05, 4.69) is 17.0 Å². The first kappa shape index (κ1) is 15.7.